The Kier molecular flexibility index (Phi) is 3.74. The molecule has 2 N–H and O–H groups in total. The molecule has 0 aliphatic carbocycles. The van der Waals surface area contributed by atoms with Gasteiger partial charge in [-0.15, -0.1) is 11.8 Å². The van der Waals surface area contributed by atoms with Gasteiger partial charge in [0.15, 0.2) is 11.5 Å². The van der Waals surface area contributed by atoms with Crippen molar-refractivity contribution in [2.75, 3.05) is 19.5 Å². The lowest BCUT2D eigenvalue weighted by Crippen LogP contribution is -2.14. The number of hydrogen-bond acceptors (Lipinski definition) is 4. The number of thioether (sulfide) groups is 1. The summed E-state index contributed by atoms with van der Waals surface area (Å²) in [5, 5.41) is 0.443. The molecule has 0 saturated heterocycles. The molecule has 20 heavy (non-hydrogen) atoms. The first-order valence-electron chi connectivity index (χ1n) is 6.57. The smallest absolute Gasteiger partial charge is 0.163 e. The predicted octanol–water partition coefficient (Wildman–Crippen LogP) is 3.37. The van der Waals surface area contributed by atoms with Gasteiger partial charge in [0.2, 0.25) is 0 Å². The zero-order valence-electron chi connectivity index (χ0n) is 11.3. The number of fused-ring (bicyclic) bond motifs is 1. The Morgan fingerprint density at radius 3 is 2.85 bits per heavy atom. The van der Waals surface area contributed by atoms with Crippen molar-refractivity contribution in [1.29, 1.82) is 0 Å². The average Bonchev–Trinajstić information content (AvgIpc) is 2.88. The van der Waals surface area contributed by atoms with Crippen molar-refractivity contribution in [1.82, 2.24) is 0 Å². The van der Waals surface area contributed by atoms with Crippen LogP contribution in [0.3, 0.4) is 0 Å². The van der Waals surface area contributed by atoms with E-state index in [1.807, 2.05) is 30.0 Å². The van der Waals surface area contributed by atoms with Crippen LogP contribution in [0.4, 0.5) is 5.69 Å². The summed E-state index contributed by atoms with van der Waals surface area (Å²) in [6.07, 6.45) is 1.05. The maximum absolute atomic E-state index is 5.90. The minimum absolute atomic E-state index is 0.443. The maximum Gasteiger partial charge on any atom is 0.163 e. The van der Waals surface area contributed by atoms with Gasteiger partial charge < -0.3 is 15.2 Å². The fraction of sp³-hybridized carbons (Fsp3) is 0.250. The molecule has 3 rings (SSSR count). The Bertz CT molecular complexity index is 590. The van der Waals surface area contributed by atoms with Gasteiger partial charge in [-0.2, -0.15) is 0 Å². The number of hydrogen-bond donors (Lipinski definition) is 1. The molecule has 1 atom stereocenters. The van der Waals surface area contributed by atoms with Crippen LogP contribution in [0.1, 0.15) is 5.56 Å². The fourth-order valence-corrected chi connectivity index (χ4v) is 3.55. The quantitative estimate of drug-likeness (QED) is 0.876. The summed E-state index contributed by atoms with van der Waals surface area (Å²) in [4.78, 5) is 1.36. The summed E-state index contributed by atoms with van der Waals surface area (Å²) < 4.78 is 11.2. The molecule has 1 aliphatic heterocycles. The molecule has 0 aromatic heterocycles. The lowest BCUT2D eigenvalue weighted by molar-refractivity contribution is 0.295. The first-order valence-corrected chi connectivity index (χ1v) is 7.45. The molecule has 1 unspecified atom stereocenters. The summed E-state index contributed by atoms with van der Waals surface area (Å²) in [5.41, 5.74) is 7.89. The Morgan fingerprint density at radius 2 is 2.05 bits per heavy atom. The molecule has 2 aromatic rings. The van der Waals surface area contributed by atoms with Gasteiger partial charge in [0.1, 0.15) is 6.61 Å². The molecule has 2 aromatic carbocycles. The molecule has 0 radical (unpaired) electrons. The minimum atomic E-state index is 0.443. The highest BCUT2D eigenvalue weighted by molar-refractivity contribution is 8.00. The monoisotopic (exact) mass is 287 g/mol. The standard InChI is InChI=1S/C16H17NO2S/c1-18-14-7-6-12(17)9-15(14)19-10-13-8-11-4-2-3-5-16(11)20-13/h2-7,9,13H,8,10,17H2,1H3. The van der Waals surface area contributed by atoms with Crippen molar-refractivity contribution < 1.29 is 9.47 Å². The maximum atomic E-state index is 5.90. The first kappa shape index (κ1) is 13.2. The Hall–Kier alpha value is -1.81. The number of rotatable bonds is 4. The summed E-state index contributed by atoms with van der Waals surface area (Å²) in [6.45, 7) is 0.652. The van der Waals surface area contributed by atoms with Crippen LogP contribution in [0, 0.1) is 0 Å². The normalized spacial score (nSPS) is 16.8. The van der Waals surface area contributed by atoms with E-state index in [0.29, 0.717) is 23.3 Å². The zero-order chi connectivity index (χ0) is 13.9. The third-order valence-corrected chi connectivity index (χ3v) is 4.61. The molecular formula is C16H17NO2S. The summed E-state index contributed by atoms with van der Waals surface area (Å²) in [6, 6.07) is 14.0. The number of methoxy groups -OCH3 is 1. The van der Waals surface area contributed by atoms with Crippen molar-refractivity contribution >= 4 is 17.4 Å². The van der Waals surface area contributed by atoms with Crippen LogP contribution in [0.25, 0.3) is 0 Å². The first-order chi connectivity index (χ1) is 9.76. The van der Waals surface area contributed by atoms with Crippen LogP contribution in [-0.4, -0.2) is 19.0 Å². The molecule has 0 spiro atoms. The van der Waals surface area contributed by atoms with E-state index in [0.717, 1.165) is 12.2 Å². The van der Waals surface area contributed by atoms with E-state index in [1.165, 1.54) is 10.5 Å². The zero-order valence-corrected chi connectivity index (χ0v) is 12.2. The molecule has 0 amide bonds. The molecule has 0 saturated carbocycles. The highest BCUT2D eigenvalue weighted by Crippen LogP contribution is 2.37. The number of benzene rings is 2. The molecule has 0 fully saturated rings. The second-order valence-corrected chi connectivity index (χ2v) is 6.12. The van der Waals surface area contributed by atoms with E-state index in [1.54, 1.807) is 7.11 Å². The topological polar surface area (TPSA) is 44.5 Å². The highest BCUT2D eigenvalue weighted by Gasteiger charge is 2.22. The molecule has 0 bridgehead atoms. The second kappa shape index (κ2) is 5.67. The van der Waals surface area contributed by atoms with Crippen molar-refractivity contribution in [3.8, 4) is 11.5 Å². The van der Waals surface area contributed by atoms with Crippen molar-refractivity contribution in [3.63, 3.8) is 0 Å². The summed E-state index contributed by atoms with van der Waals surface area (Å²) in [7, 11) is 1.64. The number of anilines is 1. The van der Waals surface area contributed by atoms with E-state index in [4.69, 9.17) is 15.2 Å². The Labute approximate surface area is 123 Å². The number of ether oxygens (including phenoxy) is 2. The van der Waals surface area contributed by atoms with E-state index in [9.17, 15) is 0 Å². The SMILES string of the molecule is COc1ccc(N)cc1OCC1Cc2ccccc2S1. The van der Waals surface area contributed by atoms with E-state index in [2.05, 4.69) is 24.3 Å². The van der Waals surface area contributed by atoms with Crippen LogP contribution < -0.4 is 15.2 Å². The van der Waals surface area contributed by atoms with Gasteiger partial charge in [-0.25, -0.2) is 0 Å². The van der Waals surface area contributed by atoms with Gasteiger partial charge in [-0.05, 0) is 30.2 Å². The summed E-state index contributed by atoms with van der Waals surface area (Å²) in [5.74, 6) is 1.43. The summed E-state index contributed by atoms with van der Waals surface area (Å²) >= 11 is 1.88. The van der Waals surface area contributed by atoms with Crippen LogP contribution >= 0.6 is 11.8 Å². The lowest BCUT2D eigenvalue weighted by atomic mass is 10.1. The molecule has 104 valence electrons. The van der Waals surface area contributed by atoms with Gasteiger partial charge in [0.05, 0.1) is 7.11 Å². The van der Waals surface area contributed by atoms with Crippen LogP contribution in [0.5, 0.6) is 11.5 Å². The molecule has 3 nitrogen and oxygen atoms in total. The fourth-order valence-electron chi connectivity index (χ4n) is 2.34. The van der Waals surface area contributed by atoms with Gasteiger partial charge in [-0.1, -0.05) is 18.2 Å². The minimum Gasteiger partial charge on any atom is -0.493 e. The second-order valence-electron chi connectivity index (χ2n) is 4.77. The van der Waals surface area contributed by atoms with Crippen molar-refractivity contribution in [2.24, 2.45) is 0 Å². The van der Waals surface area contributed by atoms with E-state index < -0.39 is 0 Å². The molecular weight excluding hydrogens is 270 g/mol. The van der Waals surface area contributed by atoms with Crippen molar-refractivity contribution in [2.45, 2.75) is 16.6 Å². The Balaban J connectivity index is 1.65. The van der Waals surface area contributed by atoms with Gasteiger partial charge in [0, 0.05) is 21.9 Å². The third kappa shape index (κ3) is 2.70. The van der Waals surface area contributed by atoms with Gasteiger partial charge in [-0.3, -0.25) is 0 Å². The lowest BCUT2D eigenvalue weighted by Gasteiger charge is -2.14. The average molecular weight is 287 g/mol. The largest absolute Gasteiger partial charge is 0.493 e. The van der Waals surface area contributed by atoms with E-state index >= 15 is 0 Å². The molecule has 1 aliphatic rings. The molecule has 1 heterocycles. The molecule has 4 heteroatoms. The van der Waals surface area contributed by atoms with Gasteiger partial charge in [0.25, 0.3) is 0 Å². The van der Waals surface area contributed by atoms with E-state index in [-0.39, 0.29) is 0 Å². The third-order valence-electron chi connectivity index (χ3n) is 3.33. The van der Waals surface area contributed by atoms with Gasteiger partial charge >= 0.3 is 0 Å². The predicted molar refractivity (Wildman–Crippen MR) is 82.7 cm³/mol. The Morgan fingerprint density at radius 1 is 1.20 bits per heavy atom. The highest BCUT2D eigenvalue weighted by atomic mass is 32.2. The number of nitrogen functional groups attached to an aromatic ring is 1. The van der Waals surface area contributed by atoms with Crippen LogP contribution in [0.15, 0.2) is 47.4 Å². The van der Waals surface area contributed by atoms with Crippen LogP contribution in [-0.2, 0) is 6.42 Å². The van der Waals surface area contributed by atoms with Crippen molar-refractivity contribution in [3.05, 3.63) is 48.0 Å². The van der Waals surface area contributed by atoms with Crippen LogP contribution in [0.2, 0.25) is 0 Å². The number of nitrogens with two attached hydrogens (primary N) is 1.